The number of aromatic hydroxyl groups is 1. The van der Waals surface area contributed by atoms with E-state index in [2.05, 4.69) is 20.9 Å². The number of anilines is 1. The van der Waals surface area contributed by atoms with Gasteiger partial charge in [-0.25, -0.2) is 9.78 Å². The summed E-state index contributed by atoms with van der Waals surface area (Å²) in [5.41, 5.74) is 1.41. The van der Waals surface area contributed by atoms with Crippen LogP contribution in [0.5, 0.6) is 5.88 Å². The van der Waals surface area contributed by atoms with Crippen molar-refractivity contribution < 1.29 is 14.7 Å². The van der Waals surface area contributed by atoms with Gasteiger partial charge in [0.1, 0.15) is 5.56 Å². The summed E-state index contributed by atoms with van der Waals surface area (Å²) in [4.78, 5) is 53.2. The van der Waals surface area contributed by atoms with Crippen molar-refractivity contribution in [2.45, 2.75) is 25.4 Å². The molecule has 0 spiro atoms. The van der Waals surface area contributed by atoms with E-state index in [1.807, 2.05) is 0 Å². The molecule has 3 heterocycles. The lowest BCUT2D eigenvalue weighted by atomic mass is 10.00. The largest absolute Gasteiger partial charge is 0.493 e. The van der Waals surface area contributed by atoms with E-state index < -0.39 is 17.2 Å². The van der Waals surface area contributed by atoms with E-state index in [1.54, 1.807) is 48.5 Å². The fourth-order valence-electron chi connectivity index (χ4n) is 4.90. The molecule has 0 radical (unpaired) electrons. The van der Waals surface area contributed by atoms with Crippen LogP contribution in [0.1, 0.15) is 28.8 Å². The van der Waals surface area contributed by atoms with Crippen LogP contribution in [0.4, 0.5) is 5.69 Å². The number of carbonyl (C=O) groups excluding carboxylic acids is 2. The highest BCUT2D eigenvalue weighted by molar-refractivity contribution is 6.39. The summed E-state index contributed by atoms with van der Waals surface area (Å²) in [5, 5.41) is 19.9. The molecule has 1 atom stereocenters. The molecule has 4 N–H and O–H groups in total. The van der Waals surface area contributed by atoms with Gasteiger partial charge in [0.25, 0.3) is 11.5 Å². The molecule has 13 heteroatoms. The van der Waals surface area contributed by atoms with E-state index >= 15 is 0 Å². The van der Waals surface area contributed by atoms with Crippen molar-refractivity contribution >= 4 is 40.7 Å². The van der Waals surface area contributed by atoms with Gasteiger partial charge in [-0.2, -0.15) is 0 Å². The lowest BCUT2D eigenvalue weighted by Crippen LogP contribution is -2.40. The second-order valence-corrected chi connectivity index (χ2v) is 11.0. The van der Waals surface area contributed by atoms with Crippen LogP contribution in [0, 0.1) is 0 Å². The third kappa shape index (κ3) is 6.19. The number of pyridine rings is 1. The summed E-state index contributed by atoms with van der Waals surface area (Å²) in [6.45, 7) is 0.960. The van der Waals surface area contributed by atoms with Crippen molar-refractivity contribution in [3.05, 3.63) is 96.7 Å². The maximum atomic E-state index is 13.0. The first kappa shape index (κ1) is 30.0. The molecule has 0 saturated carbocycles. The molecule has 5 rings (SSSR count). The molecule has 0 bridgehead atoms. The number of aromatic nitrogens is 3. The van der Waals surface area contributed by atoms with Crippen molar-refractivity contribution in [3.8, 4) is 28.3 Å². The summed E-state index contributed by atoms with van der Waals surface area (Å²) in [5.74, 6) is -0.822. The third-order valence-electron chi connectivity index (χ3n) is 7.25. The van der Waals surface area contributed by atoms with Crippen molar-refractivity contribution in [3.63, 3.8) is 0 Å². The Labute approximate surface area is 256 Å². The molecule has 2 amide bonds. The van der Waals surface area contributed by atoms with Gasteiger partial charge in [-0.3, -0.25) is 19.0 Å². The fourth-order valence-corrected chi connectivity index (χ4v) is 5.50. The smallest absolute Gasteiger partial charge is 0.330 e. The molecule has 4 aromatic rings. The van der Waals surface area contributed by atoms with E-state index in [-0.39, 0.29) is 34.1 Å². The summed E-state index contributed by atoms with van der Waals surface area (Å²) >= 11 is 13.6. The molecular weight excluding hydrogens is 595 g/mol. The van der Waals surface area contributed by atoms with Gasteiger partial charge in [0, 0.05) is 68.1 Å². The number of carbonyl (C=O) groups is 2. The van der Waals surface area contributed by atoms with Crippen LogP contribution in [0.15, 0.2) is 64.3 Å². The van der Waals surface area contributed by atoms with Gasteiger partial charge in [0.05, 0.1) is 21.4 Å². The van der Waals surface area contributed by atoms with Crippen LogP contribution in [-0.2, 0) is 25.4 Å². The van der Waals surface area contributed by atoms with Crippen molar-refractivity contribution in [1.82, 2.24) is 24.8 Å². The number of benzene rings is 2. The molecule has 2 aromatic carbocycles. The second kappa shape index (κ2) is 12.4. The predicted octanol–water partition coefficient (Wildman–Crippen LogP) is 3.45. The van der Waals surface area contributed by atoms with E-state index in [1.165, 1.54) is 20.3 Å². The minimum atomic E-state index is -0.733. The maximum absolute atomic E-state index is 13.0. The minimum Gasteiger partial charge on any atom is -0.493 e. The van der Waals surface area contributed by atoms with E-state index in [0.29, 0.717) is 52.5 Å². The van der Waals surface area contributed by atoms with Crippen LogP contribution in [-0.4, -0.2) is 43.6 Å². The second-order valence-electron chi connectivity index (χ2n) is 10.2. The summed E-state index contributed by atoms with van der Waals surface area (Å²) < 4.78 is 2.00. The van der Waals surface area contributed by atoms with Crippen molar-refractivity contribution in [2.24, 2.45) is 14.1 Å². The molecule has 1 saturated heterocycles. The Balaban J connectivity index is 1.38. The van der Waals surface area contributed by atoms with Gasteiger partial charge < -0.3 is 25.6 Å². The summed E-state index contributed by atoms with van der Waals surface area (Å²) in [6, 6.07) is 13.9. The highest BCUT2D eigenvalue weighted by Gasteiger charge is 2.21. The molecule has 1 aliphatic rings. The normalized spacial score (nSPS) is 14.5. The van der Waals surface area contributed by atoms with Crippen molar-refractivity contribution in [2.75, 3.05) is 11.9 Å². The summed E-state index contributed by atoms with van der Waals surface area (Å²) in [7, 11) is 2.74. The number of nitrogens with one attached hydrogen (secondary N) is 3. The lowest BCUT2D eigenvalue weighted by Gasteiger charge is -2.15. The summed E-state index contributed by atoms with van der Waals surface area (Å²) in [6.07, 6.45) is 2.48. The van der Waals surface area contributed by atoms with Gasteiger partial charge in [0.2, 0.25) is 11.8 Å². The number of hydrogen-bond acceptors (Lipinski definition) is 7. The van der Waals surface area contributed by atoms with Gasteiger partial charge in [0.15, 0.2) is 0 Å². The monoisotopic (exact) mass is 622 g/mol. The zero-order chi connectivity index (χ0) is 30.8. The Morgan fingerprint density at radius 1 is 1.02 bits per heavy atom. The number of hydrogen-bond donors (Lipinski definition) is 4. The SMILES string of the molecule is Cn1cc(C(=O)Nc2cccc(-c3cccc(-c4ccc(CNC[C@@H]5CCC(=O)N5)c(O)n4)c3Cl)c2Cl)c(=O)n(C)c1=O. The Bertz CT molecular complexity index is 1870. The zero-order valence-corrected chi connectivity index (χ0v) is 24.8. The van der Waals surface area contributed by atoms with Crippen LogP contribution >= 0.6 is 23.2 Å². The van der Waals surface area contributed by atoms with Crippen LogP contribution in [0.25, 0.3) is 22.4 Å². The molecular formula is C30H28Cl2N6O5. The molecule has 43 heavy (non-hydrogen) atoms. The molecule has 2 aromatic heterocycles. The van der Waals surface area contributed by atoms with Gasteiger partial charge in [-0.1, -0.05) is 59.6 Å². The Morgan fingerprint density at radius 2 is 1.72 bits per heavy atom. The number of amides is 2. The van der Waals surface area contributed by atoms with Gasteiger partial charge >= 0.3 is 5.69 Å². The molecule has 1 aliphatic heterocycles. The molecule has 1 fully saturated rings. The maximum Gasteiger partial charge on any atom is 0.330 e. The fraction of sp³-hybridized carbons (Fsp3) is 0.233. The highest BCUT2D eigenvalue weighted by atomic mass is 35.5. The van der Waals surface area contributed by atoms with Crippen LogP contribution < -0.4 is 27.2 Å². The number of nitrogens with zero attached hydrogens (tertiary/aromatic N) is 3. The van der Waals surface area contributed by atoms with E-state index in [9.17, 15) is 24.3 Å². The average molecular weight is 623 g/mol. The first-order valence-corrected chi connectivity index (χ1v) is 14.2. The van der Waals surface area contributed by atoms with Crippen LogP contribution in [0.2, 0.25) is 10.0 Å². The van der Waals surface area contributed by atoms with Crippen LogP contribution in [0.3, 0.4) is 0 Å². The number of aryl methyl sites for hydroxylation is 1. The average Bonchev–Trinajstić information content (AvgIpc) is 3.40. The quantitative estimate of drug-likeness (QED) is 0.235. The first-order chi connectivity index (χ1) is 20.5. The molecule has 11 nitrogen and oxygen atoms in total. The highest BCUT2D eigenvalue weighted by Crippen LogP contribution is 2.41. The van der Waals surface area contributed by atoms with E-state index in [0.717, 1.165) is 15.6 Å². The van der Waals surface area contributed by atoms with Crippen molar-refractivity contribution in [1.29, 1.82) is 0 Å². The van der Waals surface area contributed by atoms with E-state index in [4.69, 9.17) is 23.2 Å². The topological polar surface area (TPSA) is 147 Å². The first-order valence-electron chi connectivity index (χ1n) is 13.4. The zero-order valence-electron chi connectivity index (χ0n) is 23.3. The molecule has 222 valence electrons. The number of halogens is 2. The Hall–Kier alpha value is -4.45. The predicted molar refractivity (Wildman–Crippen MR) is 165 cm³/mol. The Morgan fingerprint density at radius 3 is 2.42 bits per heavy atom. The number of rotatable bonds is 8. The molecule has 0 aliphatic carbocycles. The van der Waals surface area contributed by atoms with Gasteiger partial charge in [-0.05, 0) is 18.6 Å². The minimum absolute atomic E-state index is 0.0472. The lowest BCUT2D eigenvalue weighted by molar-refractivity contribution is -0.119. The standard InChI is InChI=1S/C30H28Cl2N6O5/c1-37-15-21(29(42)38(2)30(37)43)28(41)36-23-8-4-6-19(26(23)32)18-5-3-7-20(25(18)31)22-11-9-16(27(40)35-22)13-33-14-17-10-12-24(39)34-17/h3-9,11,15,17,33H,10,12-14H2,1-2H3,(H,34,39)(H,35,40)(H,36,41)/t17-/m0/s1. The Kier molecular flexibility index (Phi) is 8.67. The van der Waals surface area contributed by atoms with Gasteiger partial charge in [-0.15, -0.1) is 0 Å². The third-order valence-corrected chi connectivity index (χ3v) is 8.06. The molecule has 0 unspecified atom stereocenters.